The van der Waals surface area contributed by atoms with Crippen LogP contribution in [0.25, 0.3) is 23.0 Å². The number of nitrogens with one attached hydrogen (secondary N) is 2. The number of benzene rings is 2. The van der Waals surface area contributed by atoms with Gasteiger partial charge in [-0.1, -0.05) is 18.2 Å². The Morgan fingerprint density at radius 3 is 2.52 bits per heavy atom. The van der Waals surface area contributed by atoms with E-state index in [1.54, 1.807) is 47.4 Å². The molecule has 2 amide bonds. The van der Waals surface area contributed by atoms with Crippen molar-refractivity contribution in [3.05, 3.63) is 103 Å². The maximum absolute atomic E-state index is 13.4. The highest BCUT2D eigenvalue weighted by Gasteiger charge is 2.11. The zero-order chi connectivity index (χ0) is 23.0. The molecule has 0 spiro atoms. The fraction of sp³-hybridized carbons (Fsp3) is 0.0400. The number of rotatable bonds is 7. The molecule has 7 nitrogen and oxygen atoms in total. The van der Waals surface area contributed by atoms with Crippen molar-refractivity contribution >= 4 is 23.6 Å². The number of para-hydroxylation sites is 1. The van der Waals surface area contributed by atoms with Crippen molar-refractivity contribution in [3.8, 4) is 16.9 Å². The predicted molar refractivity (Wildman–Crippen MR) is 124 cm³/mol. The minimum absolute atomic E-state index is 0.188. The molecule has 0 bridgehead atoms. The lowest BCUT2D eigenvalue weighted by Gasteiger charge is -2.04. The van der Waals surface area contributed by atoms with Gasteiger partial charge in [-0.25, -0.2) is 9.07 Å². The molecule has 33 heavy (non-hydrogen) atoms. The van der Waals surface area contributed by atoms with Gasteiger partial charge in [-0.2, -0.15) is 5.10 Å². The molecule has 2 aromatic carbocycles. The standard InChI is InChI=1S/C25H20FN5O2/c26-20-11-8-18(9-12-20)25-19(17-31(30-25)22-6-2-1-3-7-22)10-13-23(32)28-16-24(33)29-21-5-4-14-27-15-21/h1-15,17H,16H2,(H,28,32)(H,29,33)/b13-10+. The van der Waals surface area contributed by atoms with Crippen LogP contribution in [0.1, 0.15) is 5.56 Å². The molecule has 0 fully saturated rings. The van der Waals surface area contributed by atoms with E-state index in [9.17, 15) is 14.0 Å². The highest BCUT2D eigenvalue weighted by Crippen LogP contribution is 2.25. The number of carbonyl (C=O) groups excluding carboxylic acids is 2. The topological polar surface area (TPSA) is 88.9 Å². The lowest BCUT2D eigenvalue weighted by Crippen LogP contribution is -2.31. The number of nitrogens with zero attached hydrogens (tertiary/aromatic N) is 3. The third-order valence-corrected chi connectivity index (χ3v) is 4.66. The molecule has 0 aliphatic heterocycles. The fourth-order valence-electron chi connectivity index (χ4n) is 3.09. The first-order valence-electron chi connectivity index (χ1n) is 10.2. The molecular weight excluding hydrogens is 421 g/mol. The van der Waals surface area contributed by atoms with Crippen molar-refractivity contribution in [1.82, 2.24) is 20.1 Å². The molecule has 2 heterocycles. The van der Waals surface area contributed by atoms with E-state index in [-0.39, 0.29) is 18.3 Å². The van der Waals surface area contributed by atoms with Crippen LogP contribution in [-0.2, 0) is 9.59 Å². The van der Waals surface area contributed by atoms with Crippen LogP contribution in [-0.4, -0.2) is 33.1 Å². The van der Waals surface area contributed by atoms with Gasteiger partial charge in [-0.05, 0) is 54.6 Å². The summed E-state index contributed by atoms with van der Waals surface area (Å²) in [6.07, 6.45) is 7.84. The molecule has 2 N–H and O–H groups in total. The third kappa shape index (κ3) is 5.76. The molecule has 0 aliphatic rings. The average Bonchev–Trinajstić information content (AvgIpc) is 3.27. The van der Waals surface area contributed by atoms with E-state index in [1.807, 2.05) is 30.3 Å². The Hall–Kier alpha value is -4.59. The van der Waals surface area contributed by atoms with Crippen molar-refractivity contribution in [2.24, 2.45) is 0 Å². The largest absolute Gasteiger partial charge is 0.343 e. The summed E-state index contributed by atoms with van der Waals surface area (Å²) < 4.78 is 15.1. The Morgan fingerprint density at radius 1 is 1.00 bits per heavy atom. The highest BCUT2D eigenvalue weighted by atomic mass is 19.1. The van der Waals surface area contributed by atoms with E-state index in [2.05, 4.69) is 20.7 Å². The number of hydrogen-bond acceptors (Lipinski definition) is 4. The molecule has 2 aromatic heterocycles. The minimum atomic E-state index is -0.436. The van der Waals surface area contributed by atoms with Gasteiger partial charge in [0.05, 0.1) is 29.8 Å². The number of aromatic nitrogens is 3. The first-order valence-corrected chi connectivity index (χ1v) is 10.2. The summed E-state index contributed by atoms with van der Waals surface area (Å²) in [5, 5.41) is 9.81. The molecule has 164 valence electrons. The summed E-state index contributed by atoms with van der Waals surface area (Å²) in [4.78, 5) is 28.2. The summed E-state index contributed by atoms with van der Waals surface area (Å²) in [7, 11) is 0. The lowest BCUT2D eigenvalue weighted by molar-refractivity contribution is -0.121. The number of anilines is 1. The first kappa shape index (κ1) is 21.6. The SMILES string of the molecule is O=C(/C=C/c1cn(-c2ccccc2)nc1-c1ccc(F)cc1)NCC(=O)Nc1cccnc1. The monoisotopic (exact) mass is 441 g/mol. The molecule has 4 aromatic rings. The van der Waals surface area contributed by atoms with E-state index in [4.69, 9.17) is 0 Å². The first-order chi connectivity index (χ1) is 16.1. The van der Waals surface area contributed by atoms with Gasteiger partial charge in [0, 0.05) is 29.6 Å². The van der Waals surface area contributed by atoms with Crippen molar-refractivity contribution in [3.63, 3.8) is 0 Å². The Labute approximate surface area is 189 Å². The van der Waals surface area contributed by atoms with Crippen molar-refractivity contribution in [2.45, 2.75) is 0 Å². The van der Waals surface area contributed by atoms with E-state index in [0.717, 1.165) is 5.69 Å². The van der Waals surface area contributed by atoms with Gasteiger partial charge in [0.1, 0.15) is 5.82 Å². The molecule has 4 rings (SSSR count). The average molecular weight is 441 g/mol. The van der Waals surface area contributed by atoms with Crippen LogP contribution in [0.3, 0.4) is 0 Å². The highest BCUT2D eigenvalue weighted by molar-refractivity contribution is 5.98. The second kappa shape index (κ2) is 10.1. The molecular formula is C25H20FN5O2. The maximum atomic E-state index is 13.4. The van der Waals surface area contributed by atoms with E-state index in [1.165, 1.54) is 24.4 Å². The van der Waals surface area contributed by atoms with Crippen LogP contribution in [0.15, 0.2) is 91.4 Å². The zero-order valence-electron chi connectivity index (χ0n) is 17.5. The number of halogens is 1. The van der Waals surface area contributed by atoms with Crippen LogP contribution < -0.4 is 10.6 Å². The molecule has 0 saturated heterocycles. The Kier molecular flexibility index (Phi) is 6.65. The summed E-state index contributed by atoms with van der Waals surface area (Å²) in [5.41, 5.74) is 3.36. The van der Waals surface area contributed by atoms with Crippen LogP contribution >= 0.6 is 0 Å². The number of carbonyl (C=O) groups is 2. The molecule has 8 heteroatoms. The van der Waals surface area contributed by atoms with Gasteiger partial charge in [-0.15, -0.1) is 0 Å². The van der Waals surface area contributed by atoms with Crippen molar-refractivity contribution < 1.29 is 14.0 Å². The quantitative estimate of drug-likeness (QED) is 0.427. The van der Waals surface area contributed by atoms with Crippen molar-refractivity contribution in [2.75, 3.05) is 11.9 Å². The summed E-state index contributed by atoms with van der Waals surface area (Å²) in [5.74, 6) is -1.15. The third-order valence-electron chi connectivity index (χ3n) is 4.66. The number of hydrogen-bond donors (Lipinski definition) is 2. The predicted octanol–water partition coefficient (Wildman–Crippen LogP) is 3.84. The summed E-state index contributed by atoms with van der Waals surface area (Å²) in [6, 6.07) is 18.9. The molecule has 0 aliphatic carbocycles. The summed E-state index contributed by atoms with van der Waals surface area (Å²) in [6.45, 7) is -0.188. The van der Waals surface area contributed by atoms with Gasteiger partial charge < -0.3 is 10.6 Å². The van der Waals surface area contributed by atoms with Gasteiger partial charge in [0.15, 0.2) is 0 Å². The number of pyridine rings is 1. The van der Waals surface area contributed by atoms with Crippen LogP contribution in [0, 0.1) is 5.82 Å². The Bertz CT molecular complexity index is 1270. The van der Waals surface area contributed by atoms with Gasteiger partial charge in [0.2, 0.25) is 11.8 Å². The van der Waals surface area contributed by atoms with Crippen molar-refractivity contribution in [1.29, 1.82) is 0 Å². The van der Waals surface area contributed by atoms with Crippen LogP contribution in [0.2, 0.25) is 0 Å². The minimum Gasteiger partial charge on any atom is -0.343 e. The fourth-order valence-corrected chi connectivity index (χ4v) is 3.09. The second-order valence-electron chi connectivity index (χ2n) is 7.06. The normalized spacial score (nSPS) is 10.8. The molecule has 0 unspecified atom stereocenters. The lowest BCUT2D eigenvalue weighted by atomic mass is 10.1. The molecule has 0 saturated carbocycles. The molecule has 0 atom stereocenters. The van der Waals surface area contributed by atoms with Crippen LogP contribution in [0.4, 0.5) is 10.1 Å². The van der Waals surface area contributed by atoms with Gasteiger partial charge >= 0.3 is 0 Å². The van der Waals surface area contributed by atoms with Crippen LogP contribution in [0.5, 0.6) is 0 Å². The van der Waals surface area contributed by atoms with E-state index in [0.29, 0.717) is 22.5 Å². The summed E-state index contributed by atoms with van der Waals surface area (Å²) >= 11 is 0. The molecule has 0 radical (unpaired) electrons. The van der Waals surface area contributed by atoms with Gasteiger partial charge in [0.25, 0.3) is 0 Å². The zero-order valence-corrected chi connectivity index (χ0v) is 17.5. The smallest absolute Gasteiger partial charge is 0.244 e. The number of amides is 2. The van der Waals surface area contributed by atoms with Gasteiger partial charge in [-0.3, -0.25) is 14.6 Å². The Balaban J connectivity index is 1.48. The van der Waals surface area contributed by atoms with E-state index < -0.39 is 5.91 Å². The van der Waals surface area contributed by atoms with E-state index >= 15 is 0 Å². The second-order valence-corrected chi connectivity index (χ2v) is 7.06. The Morgan fingerprint density at radius 2 is 1.79 bits per heavy atom. The maximum Gasteiger partial charge on any atom is 0.244 e.